The number of carbonyl (C=O) groups excluding carboxylic acids is 16. The number of phenols is 2. The van der Waals surface area contributed by atoms with E-state index in [0.717, 1.165) is 4.90 Å². The minimum atomic E-state index is -2.13. The number of nitrogens with one attached hydrogen (secondary N) is 16. The lowest BCUT2D eigenvalue weighted by molar-refractivity contribution is -0.143. The van der Waals surface area contributed by atoms with Gasteiger partial charge in [-0.15, -0.1) is 0 Å². The van der Waals surface area contributed by atoms with E-state index in [0.29, 0.717) is 17.5 Å². The van der Waals surface area contributed by atoms with E-state index in [9.17, 15) is 117 Å². The number of carboxylic acid groups (broad SMARTS) is 2. The minimum absolute atomic E-state index is 0.0422. The molecule has 44 nitrogen and oxygen atoms in total. The smallest absolute Gasteiger partial charge is 0.327 e. The molecule has 28 N–H and O–H groups in total. The number of guanidine groups is 1. The molecule has 3 aromatic rings. The molecule has 1 saturated heterocycles. The number of rotatable bonds is 52. The fraction of sp³-hybridized carbons (Fsp3) is 0.519. The summed E-state index contributed by atoms with van der Waals surface area (Å²) in [5, 5.41) is 103. The topological polar surface area (TPSA) is 714 Å². The third-order valence-electron chi connectivity index (χ3n) is 19.6. The first-order valence-corrected chi connectivity index (χ1v) is 40.5. The van der Waals surface area contributed by atoms with Crippen molar-refractivity contribution in [1.29, 1.82) is 5.41 Å². The third kappa shape index (κ3) is 35.3. The van der Waals surface area contributed by atoms with Gasteiger partial charge in [0, 0.05) is 43.9 Å². The number of carbonyl (C=O) groups is 18. The number of amides is 16. The lowest BCUT2D eigenvalue weighted by Crippen LogP contribution is -2.61. The van der Waals surface area contributed by atoms with Gasteiger partial charge in [-0.05, 0) is 85.4 Å². The number of thiol groups is 2. The number of aromatic hydroxyl groups is 2. The number of aliphatic hydroxyl groups is 2. The van der Waals surface area contributed by atoms with Crippen molar-refractivity contribution in [1.82, 2.24) is 84.7 Å². The molecule has 676 valence electrons. The molecule has 16 amide bonds. The summed E-state index contributed by atoms with van der Waals surface area (Å²) in [5.41, 5.74) is 17.9. The van der Waals surface area contributed by atoms with Crippen molar-refractivity contribution in [3.8, 4) is 11.5 Å². The Labute approximate surface area is 718 Å². The monoisotopic (exact) mass is 1760 g/mol. The van der Waals surface area contributed by atoms with Crippen LogP contribution in [0.1, 0.15) is 103 Å². The maximum Gasteiger partial charge on any atom is 0.327 e. The Bertz CT molecular complexity index is 4190. The Kier molecular flexibility index (Phi) is 43.5. The van der Waals surface area contributed by atoms with Crippen molar-refractivity contribution in [2.45, 2.75) is 190 Å². The maximum atomic E-state index is 14.5. The van der Waals surface area contributed by atoms with Crippen LogP contribution < -0.4 is 97.0 Å². The normalized spacial score (nSPS) is 15.9. The molecule has 1 aliphatic rings. The van der Waals surface area contributed by atoms with Crippen LogP contribution in [0.2, 0.25) is 0 Å². The molecule has 0 aromatic heterocycles. The molecule has 4 rings (SSSR count). The minimum Gasteiger partial charge on any atom is -0.508 e. The van der Waals surface area contributed by atoms with Gasteiger partial charge in [-0.1, -0.05) is 95.1 Å². The quantitative estimate of drug-likeness (QED) is 0.0108. The molecule has 0 unspecified atom stereocenters. The largest absolute Gasteiger partial charge is 0.508 e. The van der Waals surface area contributed by atoms with Gasteiger partial charge in [-0.2, -0.15) is 25.3 Å². The molecule has 1 fully saturated rings. The number of nitrogens with two attached hydrogens (primary N) is 3. The summed E-state index contributed by atoms with van der Waals surface area (Å²) in [6.45, 7) is 4.19. The van der Waals surface area contributed by atoms with Gasteiger partial charge in [-0.3, -0.25) is 86.9 Å². The molecule has 123 heavy (non-hydrogen) atoms. The van der Waals surface area contributed by atoms with Crippen LogP contribution in [-0.2, 0) is 106 Å². The van der Waals surface area contributed by atoms with Crippen molar-refractivity contribution >= 4 is 138 Å². The Morgan fingerprint density at radius 1 is 0.480 bits per heavy atom. The molecule has 0 radical (unpaired) electrons. The van der Waals surface area contributed by atoms with Crippen molar-refractivity contribution in [2.75, 3.05) is 50.8 Å². The van der Waals surface area contributed by atoms with Gasteiger partial charge in [0.25, 0.3) is 0 Å². The first-order valence-electron chi connectivity index (χ1n) is 39.3. The Balaban J connectivity index is 1.49. The summed E-state index contributed by atoms with van der Waals surface area (Å²) in [6.07, 6.45) is -3.64. The Hall–Kier alpha value is -12.4. The molecule has 0 saturated carbocycles. The summed E-state index contributed by atoms with van der Waals surface area (Å²) in [6, 6.07) is -1.86. The Morgan fingerprint density at radius 3 is 1.34 bits per heavy atom. The standard InChI is InChI=1S/C77H112N20O24S2/c1-6-38(3)61(94-69(113)49(29-43-19-23-45(101)24-20-43)87-57(103)32-84-66(110)53(36-122)93-71(115)55-16-12-26-97(55)75(119)52(35-98)92-74(118)63(40(5)99)96-64(108)46(78)15-11-25-82-77(80)81)72(116)85-34-58(104)86-48(28-42-17-21-44(100)22-18-42)67(111)90-51(31-60(106)107)68(112)89-50(30-56(79)102)70(114)95-62(39(4)7-2)73(117)91-47(27-41-13-9-8-10-14-41)65(109)83-33-59(105)88-54(37-123)76(120)121/h8-10,13-14,17-24,38-40,46-55,61-63,98-101,122-123H,6-7,11-12,15-16,25-37,78H2,1-5H3,(H2,79,102)(H,83,109)(H,84,110)(H,85,116)(H,86,104)(H,87,103)(H,88,105)(H,89,112)(H,90,111)(H,91,117)(H,92,118)(H,93,115)(H,94,113)(H,95,114)(H,96,108)(H,106,107)(H,120,121)(H4,80,81,82)/t38-,39-,40+,46-,47-,48-,49-,50-,51-,52-,53-,54-,55-,61-,62-,63-/m0/s1. The highest BCUT2D eigenvalue weighted by Crippen LogP contribution is 2.21. The van der Waals surface area contributed by atoms with Gasteiger partial charge in [0.15, 0.2) is 5.96 Å². The molecular formula is C77H112N20O24S2. The second kappa shape index (κ2) is 52.0. The third-order valence-corrected chi connectivity index (χ3v) is 20.3. The molecule has 1 heterocycles. The fourth-order valence-electron chi connectivity index (χ4n) is 12.3. The summed E-state index contributed by atoms with van der Waals surface area (Å²) >= 11 is 8.12. The van der Waals surface area contributed by atoms with E-state index in [1.54, 1.807) is 51.1 Å². The molecule has 3 aromatic carbocycles. The van der Waals surface area contributed by atoms with Gasteiger partial charge in [0.1, 0.15) is 84.0 Å². The summed E-state index contributed by atoms with van der Waals surface area (Å²) in [7, 11) is 0. The second-order valence-electron chi connectivity index (χ2n) is 29.2. The van der Waals surface area contributed by atoms with E-state index in [1.807, 2.05) is 0 Å². The van der Waals surface area contributed by atoms with Gasteiger partial charge < -0.3 is 132 Å². The van der Waals surface area contributed by atoms with Crippen LogP contribution >= 0.6 is 25.3 Å². The van der Waals surface area contributed by atoms with Crippen LogP contribution in [0.4, 0.5) is 0 Å². The average molecular weight is 1770 g/mol. The number of likely N-dealkylation sites (tertiary alicyclic amines) is 1. The van der Waals surface area contributed by atoms with Crippen LogP contribution in [0, 0.1) is 17.2 Å². The number of aliphatic hydroxyl groups excluding tert-OH is 2. The molecular weight excluding hydrogens is 1650 g/mol. The lowest BCUT2D eigenvalue weighted by Gasteiger charge is -2.30. The molecule has 46 heteroatoms. The first kappa shape index (κ1) is 103. The van der Waals surface area contributed by atoms with Crippen molar-refractivity contribution in [3.05, 3.63) is 95.6 Å². The molecule has 16 atom stereocenters. The highest BCUT2D eigenvalue weighted by Gasteiger charge is 2.42. The van der Waals surface area contributed by atoms with Gasteiger partial charge in [-0.25, -0.2) is 4.79 Å². The van der Waals surface area contributed by atoms with Gasteiger partial charge >= 0.3 is 11.9 Å². The van der Waals surface area contributed by atoms with Crippen LogP contribution in [0.25, 0.3) is 0 Å². The number of hydrogen-bond donors (Lipinski definition) is 27. The van der Waals surface area contributed by atoms with E-state index in [1.165, 1.54) is 62.4 Å². The van der Waals surface area contributed by atoms with Crippen LogP contribution in [-0.4, -0.2) is 283 Å². The Morgan fingerprint density at radius 2 is 0.886 bits per heavy atom. The zero-order valence-corrected chi connectivity index (χ0v) is 70.1. The van der Waals surface area contributed by atoms with Crippen molar-refractivity contribution < 1.29 is 117 Å². The van der Waals surface area contributed by atoms with Crippen LogP contribution in [0.3, 0.4) is 0 Å². The molecule has 1 aliphatic heterocycles. The number of phenolic OH excluding ortho intramolecular Hbond substituents is 2. The number of benzene rings is 3. The van der Waals surface area contributed by atoms with Crippen molar-refractivity contribution in [2.24, 2.45) is 29.0 Å². The predicted octanol–water partition coefficient (Wildman–Crippen LogP) is -7.85. The molecule has 0 spiro atoms. The number of nitrogens with zero attached hydrogens (tertiary/aromatic N) is 1. The maximum absolute atomic E-state index is 14.5. The number of aliphatic carboxylic acids is 2. The number of hydrogen-bond acceptors (Lipinski definition) is 26. The fourth-order valence-corrected chi connectivity index (χ4v) is 12.8. The van der Waals surface area contributed by atoms with Crippen molar-refractivity contribution in [3.63, 3.8) is 0 Å². The van der Waals surface area contributed by atoms with Crippen LogP contribution in [0.5, 0.6) is 11.5 Å². The van der Waals surface area contributed by atoms with E-state index in [-0.39, 0.29) is 92.6 Å². The van der Waals surface area contributed by atoms with Gasteiger partial charge in [0.2, 0.25) is 94.5 Å². The van der Waals surface area contributed by atoms with E-state index < -0.39 is 248 Å². The average Bonchev–Trinajstić information content (AvgIpc) is 1.71. The highest BCUT2D eigenvalue weighted by molar-refractivity contribution is 7.80. The molecule has 0 aliphatic carbocycles. The zero-order chi connectivity index (χ0) is 91.9. The SMILES string of the molecule is CC[C@H](C)[C@H](NC(=O)[C@H](Cc1ccc(O)cc1)NC(=O)CNC(=O)[C@H](CS)NC(=O)[C@@H]1CCCN1C(=O)[C@H](CO)NC(=O)[C@@H](NC(=O)[C@@H](N)CCCNC(=N)N)[C@@H](C)O)C(=O)NCC(=O)N[C@@H](Cc1ccc(O)cc1)C(=O)N[C@@H](CC(=O)O)C(=O)N[C@@H](CC(N)=O)C(=O)N[C@H](C(=O)N[C@@H](Cc1ccccc1)C(=O)NCC(=O)N[C@@H](CS)C(=O)O)[C@@H](C)CC. The lowest BCUT2D eigenvalue weighted by atomic mass is 9.96. The van der Waals surface area contributed by atoms with E-state index >= 15 is 0 Å². The number of primary amides is 1. The highest BCUT2D eigenvalue weighted by atomic mass is 32.1. The van der Waals surface area contributed by atoms with E-state index in [2.05, 4.69) is 105 Å². The predicted molar refractivity (Wildman–Crippen MR) is 445 cm³/mol. The number of carboxylic acids is 2. The second-order valence-corrected chi connectivity index (χ2v) is 29.9. The van der Waals surface area contributed by atoms with E-state index in [4.69, 9.17) is 22.6 Å². The summed E-state index contributed by atoms with van der Waals surface area (Å²) in [4.78, 5) is 245. The summed E-state index contributed by atoms with van der Waals surface area (Å²) in [5.74, 6) is -22.7. The first-order chi connectivity index (χ1) is 58.1. The summed E-state index contributed by atoms with van der Waals surface area (Å²) < 4.78 is 0. The van der Waals surface area contributed by atoms with Crippen LogP contribution in [0.15, 0.2) is 78.9 Å². The molecule has 0 bridgehead atoms. The zero-order valence-electron chi connectivity index (χ0n) is 68.3. The van der Waals surface area contributed by atoms with Gasteiger partial charge in [0.05, 0.1) is 51.2 Å².